The van der Waals surface area contributed by atoms with E-state index in [1.165, 1.54) is 4.90 Å². The molecule has 2 aromatic rings. The van der Waals surface area contributed by atoms with E-state index in [0.29, 0.717) is 0 Å². The average Bonchev–Trinajstić information content (AvgIpc) is 2.48. The molecule has 0 amide bonds. The van der Waals surface area contributed by atoms with Crippen LogP contribution >= 0.6 is 11.8 Å². The Hall–Kier alpha value is -2.01. The number of nitro groups is 1. The van der Waals surface area contributed by atoms with Crippen molar-refractivity contribution in [2.75, 3.05) is 18.1 Å². The fourth-order valence-corrected chi connectivity index (χ4v) is 2.25. The number of hydrogen-bond acceptors (Lipinski definition) is 4. The van der Waals surface area contributed by atoms with Gasteiger partial charge >= 0.3 is 0 Å². The zero-order chi connectivity index (χ0) is 14.4. The number of nitrogens with zero attached hydrogens (tertiary/aromatic N) is 1. The monoisotopic (exact) mass is 288 g/mol. The van der Waals surface area contributed by atoms with Crippen LogP contribution in [0.15, 0.2) is 53.4 Å². The third-order valence-electron chi connectivity index (χ3n) is 2.98. The number of rotatable bonds is 6. The Labute approximate surface area is 122 Å². The highest BCUT2D eigenvalue weighted by atomic mass is 32.2. The fourth-order valence-electron chi connectivity index (χ4n) is 1.84. The number of anilines is 1. The van der Waals surface area contributed by atoms with Crippen molar-refractivity contribution >= 4 is 23.1 Å². The molecule has 5 heteroatoms. The second kappa shape index (κ2) is 6.96. The molecule has 0 aliphatic carbocycles. The Kier molecular flexibility index (Phi) is 5.01. The highest BCUT2D eigenvalue weighted by Gasteiger charge is 2.03. The first-order chi connectivity index (χ1) is 9.69. The van der Waals surface area contributed by atoms with E-state index in [1.807, 2.05) is 0 Å². The Morgan fingerprint density at radius 3 is 2.30 bits per heavy atom. The van der Waals surface area contributed by atoms with Gasteiger partial charge in [0.2, 0.25) is 0 Å². The first kappa shape index (κ1) is 14.4. The number of nitro benzene ring substituents is 1. The van der Waals surface area contributed by atoms with Gasteiger partial charge in [0.05, 0.1) is 4.92 Å². The van der Waals surface area contributed by atoms with Crippen LogP contribution in [0.25, 0.3) is 0 Å². The molecule has 2 aromatic carbocycles. The molecule has 0 radical (unpaired) electrons. The normalized spacial score (nSPS) is 10.2. The predicted molar refractivity (Wildman–Crippen MR) is 83.5 cm³/mol. The van der Waals surface area contributed by atoms with E-state index in [0.717, 1.165) is 24.2 Å². The summed E-state index contributed by atoms with van der Waals surface area (Å²) in [5.41, 5.74) is 2.31. The lowest BCUT2D eigenvalue weighted by Gasteiger charge is -2.07. The summed E-state index contributed by atoms with van der Waals surface area (Å²) in [5.74, 6) is 0. The molecule has 0 aromatic heterocycles. The van der Waals surface area contributed by atoms with Crippen molar-refractivity contribution in [1.82, 2.24) is 0 Å². The van der Waals surface area contributed by atoms with Crippen LogP contribution in [-0.4, -0.2) is 17.7 Å². The van der Waals surface area contributed by atoms with Crippen molar-refractivity contribution in [1.29, 1.82) is 0 Å². The molecule has 2 rings (SSSR count). The SMILES string of the molecule is CSc1ccc(NCCc2ccc([N+](=O)[O-])cc2)cc1. The lowest BCUT2D eigenvalue weighted by Crippen LogP contribution is -2.04. The van der Waals surface area contributed by atoms with E-state index in [-0.39, 0.29) is 10.6 Å². The largest absolute Gasteiger partial charge is 0.385 e. The van der Waals surface area contributed by atoms with Gasteiger partial charge in [-0.15, -0.1) is 11.8 Å². The van der Waals surface area contributed by atoms with Crippen LogP contribution in [0.3, 0.4) is 0 Å². The molecular weight excluding hydrogens is 272 g/mol. The minimum absolute atomic E-state index is 0.134. The Morgan fingerprint density at radius 1 is 1.10 bits per heavy atom. The van der Waals surface area contributed by atoms with Crippen LogP contribution < -0.4 is 5.32 Å². The Morgan fingerprint density at radius 2 is 1.75 bits per heavy atom. The highest BCUT2D eigenvalue weighted by Crippen LogP contribution is 2.17. The van der Waals surface area contributed by atoms with Gasteiger partial charge in [0.15, 0.2) is 0 Å². The van der Waals surface area contributed by atoms with Gasteiger partial charge in [-0.25, -0.2) is 0 Å². The molecule has 0 saturated heterocycles. The van der Waals surface area contributed by atoms with Gasteiger partial charge in [-0.2, -0.15) is 0 Å². The Balaban J connectivity index is 1.84. The fraction of sp³-hybridized carbons (Fsp3) is 0.200. The molecule has 0 heterocycles. The summed E-state index contributed by atoms with van der Waals surface area (Å²) >= 11 is 1.72. The molecule has 4 nitrogen and oxygen atoms in total. The lowest BCUT2D eigenvalue weighted by molar-refractivity contribution is -0.384. The molecule has 0 saturated carbocycles. The number of benzene rings is 2. The zero-order valence-corrected chi connectivity index (χ0v) is 12.0. The zero-order valence-electron chi connectivity index (χ0n) is 11.2. The molecule has 1 N–H and O–H groups in total. The lowest BCUT2D eigenvalue weighted by atomic mass is 10.1. The van der Waals surface area contributed by atoms with Crippen molar-refractivity contribution in [3.8, 4) is 0 Å². The van der Waals surface area contributed by atoms with Crippen LogP contribution in [0.4, 0.5) is 11.4 Å². The van der Waals surface area contributed by atoms with E-state index in [9.17, 15) is 10.1 Å². The summed E-state index contributed by atoms with van der Waals surface area (Å²) in [6.45, 7) is 0.802. The second-order valence-electron chi connectivity index (χ2n) is 4.33. The third kappa shape index (κ3) is 3.99. The molecule has 0 aliphatic rings. The molecule has 0 unspecified atom stereocenters. The topological polar surface area (TPSA) is 55.2 Å². The second-order valence-corrected chi connectivity index (χ2v) is 5.21. The standard InChI is InChI=1S/C15H16N2O2S/c1-20-15-8-4-13(5-9-15)16-11-10-12-2-6-14(7-3-12)17(18)19/h2-9,16H,10-11H2,1H3. The summed E-state index contributed by atoms with van der Waals surface area (Å²) in [6, 6.07) is 15.0. The molecule has 0 spiro atoms. The summed E-state index contributed by atoms with van der Waals surface area (Å²) < 4.78 is 0. The van der Waals surface area contributed by atoms with E-state index in [4.69, 9.17) is 0 Å². The van der Waals surface area contributed by atoms with Gasteiger partial charge in [-0.05, 0) is 42.5 Å². The number of non-ortho nitro benzene ring substituents is 1. The number of hydrogen-bond donors (Lipinski definition) is 1. The summed E-state index contributed by atoms with van der Waals surface area (Å²) in [4.78, 5) is 11.4. The molecule has 0 aliphatic heterocycles. The molecular formula is C15H16N2O2S. The molecule has 0 atom stereocenters. The maximum Gasteiger partial charge on any atom is 0.269 e. The van der Waals surface area contributed by atoms with Gasteiger partial charge in [0.25, 0.3) is 5.69 Å². The maximum absolute atomic E-state index is 10.6. The Bertz CT molecular complexity index is 567. The van der Waals surface area contributed by atoms with Gasteiger partial charge < -0.3 is 5.32 Å². The average molecular weight is 288 g/mol. The molecule has 0 fully saturated rings. The van der Waals surface area contributed by atoms with Crippen molar-refractivity contribution in [3.63, 3.8) is 0 Å². The van der Waals surface area contributed by atoms with Gasteiger partial charge in [-0.1, -0.05) is 12.1 Å². The van der Waals surface area contributed by atoms with E-state index < -0.39 is 0 Å². The quantitative estimate of drug-likeness (QED) is 0.496. The first-order valence-corrected chi connectivity index (χ1v) is 7.53. The van der Waals surface area contributed by atoms with Crippen LogP contribution in [-0.2, 0) is 6.42 Å². The maximum atomic E-state index is 10.6. The number of nitrogens with one attached hydrogen (secondary N) is 1. The van der Waals surface area contributed by atoms with Gasteiger partial charge in [-0.3, -0.25) is 10.1 Å². The van der Waals surface area contributed by atoms with Crippen molar-refractivity contribution < 1.29 is 4.92 Å². The predicted octanol–water partition coefficient (Wildman–Crippen LogP) is 3.97. The van der Waals surface area contributed by atoms with Gasteiger partial charge in [0.1, 0.15) is 0 Å². The van der Waals surface area contributed by atoms with E-state index in [2.05, 4.69) is 35.8 Å². The molecule has 20 heavy (non-hydrogen) atoms. The minimum Gasteiger partial charge on any atom is -0.385 e. The summed E-state index contributed by atoms with van der Waals surface area (Å²) in [5, 5.41) is 13.9. The minimum atomic E-state index is -0.380. The molecule has 104 valence electrons. The van der Waals surface area contributed by atoms with E-state index >= 15 is 0 Å². The molecule has 0 bridgehead atoms. The van der Waals surface area contributed by atoms with Gasteiger partial charge in [0, 0.05) is 29.3 Å². The van der Waals surface area contributed by atoms with Crippen LogP contribution in [0.5, 0.6) is 0 Å². The van der Waals surface area contributed by atoms with Crippen molar-refractivity contribution in [2.24, 2.45) is 0 Å². The summed E-state index contributed by atoms with van der Waals surface area (Å²) in [6.07, 6.45) is 2.89. The smallest absolute Gasteiger partial charge is 0.269 e. The number of thioether (sulfide) groups is 1. The van der Waals surface area contributed by atoms with Crippen LogP contribution in [0.1, 0.15) is 5.56 Å². The van der Waals surface area contributed by atoms with Crippen LogP contribution in [0.2, 0.25) is 0 Å². The van der Waals surface area contributed by atoms with E-state index in [1.54, 1.807) is 36.0 Å². The highest BCUT2D eigenvalue weighted by molar-refractivity contribution is 7.98. The first-order valence-electron chi connectivity index (χ1n) is 6.30. The summed E-state index contributed by atoms with van der Waals surface area (Å²) in [7, 11) is 0. The van der Waals surface area contributed by atoms with Crippen molar-refractivity contribution in [2.45, 2.75) is 11.3 Å². The third-order valence-corrected chi connectivity index (χ3v) is 3.72. The van der Waals surface area contributed by atoms with Crippen LogP contribution in [0, 0.1) is 10.1 Å². The van der Waals surface area contributed by atoms with Crippen molar-refractivity contribution in [3.05, 3.63) is 64.2 Å².